The molecule has 2 bridgehead atoms. The Hall–Kier alpha value is -2.63. The number of likely N-dealkylation sites (tertiary alicyclic amines) is 1. The summed E-state index contributed by atoms with van der Waals surface area (Å²) in [4.78, 5) is 39.0. The van der Waals surface area contributed by atoms with Gasteiger partial charge >= 0.3 is 0 Å². The lowest BCUT2D eigenvalue weighted by Gasteiger charge is -2.38. The Morgan fingerprint density at radius 3 is 2.38 bits per heavy atom. The van der Waals surface area contributed by atoms with Crippen LogP contribution >= 0.6 is 0 Å². The van der Waals surface area contributed by atoms with Crippen LogP contribution in [0, 0.1) is 23.7 Å². The molecular formula is C20H22N2O4. The van der Waals surface area contributed by atoms with Crippen molar-refractivity contribution < 1.29 is 19.1 Å². The molecule has 4 aliphatic rings. The number of rotatable bonds is 5. The molecule has 1 aromatic carbocycles. The molecule has 4 atom stereocenters. The van der Waals surface area contributed by atoms with E-state index in [1.807, 2.05) is 0 Å². The van der Waals surface area contributed by atoms with Gasteiger partial charge in [0.15, 0.2) is 0 Å². The molecule has 0 radical (unpaired) electrons. The summed E-state index contributed by atoms with van der Waals surface area (Å²) in [6.45, 7) is 0.139. The Labute approximate surface area is 152 Å². The van der Waals surface area contributed by atoms with Crippen LogP contribution in [0.4, 0.5) is 5.69 Å². The number of benzene rings is 1. The third kappa shape index (κ3) is 2.79. The van der Waals surface area contributed by atoms with E-state index >= 15 is 0 Å². The smallest absolute Gasteiger partial charge is 0.233 e. The Morgan fingerprint density at radius 1 is 1.15 bits per heavy atom. The molecule has 1 aromatic rings. The van der Waals surface area contributed by atoms with E-state index in [-0.39, 0.29) is 54.4 Å². The minimum Gasteiger partial charge on any atom is -0.497 e. The first-order chi connectivity index (χ1) is 12.6. The molecular weight excluding hydrogens is 332 g/mol. The molecule has 6 nitrogen and oxygen atoms in total. The summed E-state index contributed by atoms with van der Waals surface area (Å²) in [5.41, 5.74) is 0.629. The van der Waals surface area contributed by atoms with Crippen LogP contribution < -0.4 is 10.1 Å². The highest BCUT2D eigenvalue weighted by Gasteiger charge is 2.56. The van der Waals surface area contributed by atoms with Crippen molar-refractivity contribution >= 4 is 23.4 Å². The fraction of sp³-hybridized carbons (Fsp3) is 0.450. The second kappa shape index (κ2) is 6.59. The van der Waals surface area contributed by atoms with Crippen LogP contribution in [0.5, 0.6) is 5.75 Å². The number of hydrogen-bond donors (Lipinski definition) is 1. The zero-order valence-electron chi connectivity index (χ0n) is 14.7. The summed E-state index contributed by atoms with van der Waals surface area (Å²) in [5, 5.41) is 2.78. The molecule has 1 saturated carbocycles. The van der Waals surface area contributed by atoms with Gasteiger partial charge in [-0.25, -0.2) is 0 Å². The highest BCUT2D eigenvalue weighted by atomic mass is 16.5. The van der Waals surface area contributed by atoms with E-state index in [0.29, 0.717) is 11.4 Å². The molecule has 26 heavy (non-hydrogen) atoms. The number of hydrogen-bond acceptors (Lipinski definition) is 4. The van der Waals surface area contributed by atoms with Gasteiger partial charge in [0.25, 0.3) is 0 Å². The van der Waals surface area contributed by atoms with Crippen molar-refractivity contribution in [2.24, 2.45) is 23.7 Å². The first kappa shape index (κ1) is 16.8. The molecule has 3 amide bonds. The number of allylic oxidation sites excluding steroid dienone is 2. The van der Waals surface area contributed by atoms with Crippen LogP contribution in [0.25, 0.3) is 0 Å². The van der Waals surface area contributed by atoms with Gasteiger partial charge in [-0.15, -0.1) is 0 Å². The number of anilines is 1. The van der Waals surface area contributed by atoms with E-state index in [2.05, 4.69) is 17.5 Å². The Bertz CT molecular complexity index is 756. The predicted octanol–water partition coefficient (Wildman–Crippen LogP) is 2.22. The molecule has 2 fully saturated rings. The number of imide groups is 1. The largest absolute Gasteiger partial charge is 0.497 e. The molecule has 3 aliphatic carbocycles. The molecule has 1 N–H and O–H groups in total. The van der Waals surface area contributed by atoms with Gasteiger partial charge in [-0.05, 0) is 36.8 Å². The monoisotopic (exact) mass is 354 g/mol. The van der Waals surface area contributed by atoms with Gasteiger partial charge in [-0.2, -0.15) is 0 Å². The lowest BCUT2D eigenvalue weighted by atomic mass is 9.63. The summed E-state index contributed by atoms with van der Waals surface area (Å²) < 4.78 is 5.13. The lowest BCUT2D eigenvalue weighted by Crippen LogP contribution is -2.38. The van der Waals surface area contributed by atoms with Crippen molar-refractivity contribution in [3.63, 3.8) is 0 Å². The topological polar surface area (TPSA) is 75.7 Å². The SMILES string of the molecule is COc1cccc(NC(=O)CCN2C(=O)[C@@H]3[C@H](C2=O)[C@H]2C=C[C@H]3CC2)c1. The maximum atomic E-state index is 12.7. The number of fused-ring (bicyclic) bond motifs is 1. The highest BCUT2D eigenvalue weighted by Crippen LogP contribution is 2.49. The first-order valence-corrected chi connectivity index (χ1v) is 9.06. The first-order valence-electron chi connectivity index (χ1n) is 9.06. The molecule has 5 rings (SSSR count). The van der Waals surface area contributed by atoms with Crippen LogP contribution in [-0.4, -0.2) is 36.3 Å². The standard InChI is InChI=1S/C20H22N2O4/c1-26-15-4-2-3-14(11-15)21-16(23)9-10-22-19(24)17-12-5-6-13(8-7-12)18(17)20(22)25/h2-6,11-13,17-18H,7-10H2,1H3,(H,21,23)/t12-,13-,17-,18+/m0/s1. The van der Waals surface area contributed by atoms with Gasteiger partial charge in [-0.1, -0.05) is 18.2 Å². The maximum absolute atomic E-state index is 12.7. The molecule has 0 aromatic heterocycles. The van der Waals surface area contributed by atoms with Gasteiger partial charge in [0.1, 0.15) is 5.75 Å². The van der Waals surface area contributed by atoms with Crippen molar-refractivity contribution in [3.8, 4) is 5.75 Å². The van der Waals surface area contributed by atoms with E-state index in [9.17, 15) is 14.4 Å². The normalized spacial score (nSPS) is 29.0. The lowest BCUT2D eigenvalue weighted by molar-refractivity contribution is -0.140. The molecule has 1 aliphatic heterocycles. The van der Waals surface area contributed by atoms with E-state index in [1.165, 1.54) is 4.90 Å². The Morgan fingerprint density at radius 2 is 1.81 bits per heavy atom. The van der Waals surface area contributed by atoms with Crippen LogP contribution in [0.1, 0.15) is 19.3 Å². The second-order valence-electron chi connectivity index (χ2n) is 7.20. The van der Waals surface area contributed by atoms with Crippen LogP contribution in [0.3, 0.4) is 0 Å². The van der Waals surface area contributed by atoms with Gasteiger partial charge in [0.2, 0.25) is 17.7 Å². The average molecular weight is 354 g/mol. The van der Waals surface area contributed by atoms with Gasteiger partial charge in [0, 0.05) is 24.7 Å². The van der Waals surface area contributed by atoms with Gasteiger partial charge in [0.05, 0.1) is 18.9 Å². The molecule has 0 unspecified atom stereocenters. The molecule has 1 saturated heterocycles. The van der Waals surface area contributed by atoms with Crippen molar-refractivity contribution in [1.29, 1.82) is 0 Å². The number of methoxy groups -OCH3 is 1. The molecule has 136 valence electrons. The van der Waals surface area contributed by atoms with E-state index < -0.39 is 0 Å². The second-order valence-corrected chi connectivity index (χ2v) is 7.20. The fourth-order valence-corrected chi connectivity index (χ4v) is 4.49. The van der Waals surface area contributed by atoms with Gasteiger partial charge < -0.3 is 10.1 Å². The van der Waals surface area contributed by atoms with Crippen molar-refractivity contribution in [1.82, 2.24) is 4.90 Å². The summed E-state index contributed by atoms with van der Waals surface area (Å²) in [6, 6.07) is 7.07. The number of amides is 3. The summed E-state index contributed by atoms with van der Waals surface area (Å²) in [6.07, 6.45) is 6.24. The van der Waals surface area contributed by atoms with Crippen LogP contribution in [0.15, 0.2) is 36.4 Å². The van der Waals surface area contributed by atoms with Crippen LogP contribution in [0.2, 0.25) is 0 Å². The number of ether oxygens (including phenoxy) is 1. The minimum absolute atomic E-state index is 0.0941. The molecule has 0 spiro atoms. The predicted molar refractivity (Wildman–Crippen MR) is 95.3 cm³/mol. The summed E-state index contributed by atoms with van der Waals surface area (Å²) in [5.74, 6) is 0.144. The Balaban J connectivity index is 1.38. The molecule has 6 heteroatoms. The van der Waals surface area contributed by atoms with E-state index in [0.717, 1.165) is 12.8 Å². The zero-order valence-corrected chi connectivity index (χ0v) is 14.7. The minimum atomic E-state index is -0.227. The van der Waals surface area contributed by atoms with E-state index in [4.69, 9.17) is 4.74 Å². The molecule has 1 heterocycles. The van der Waals surface area contributed by atoms with Crippen molar-refractivity contribution in [2.45, 2.75) is 19.3 Å². The number of nitrogens with one attached hydrogen (secondary N) is 1. The van der Waals surface area contributed by atoms with Crippen molar-refractivity contribution in [2.75, 3.05) is 19.0 Å². The number of carbonyl (C=O) groups is 3. The van der Waals surface area contributed by atoms with E-state index in [1.54, 1.807) is 31.4 Å². The van der Waals surface area contributed by atoms with Gasteiger partial charge in [-0.3, -0.25) is 19.3 Å². The number of carbonyl (C=O) groups excluding carboxylic acids is 3. The third-order valence-corrected chi connectivity index (χ3v) is 5.77. The Kier molecular flexibility index (Phi) is 4.26. The highest BCUT2D eigenvalue weighted by molar-refractivity contribution is 6.06. The quantitative estimate of drug-likeness (QED) is 0.650. The van der Waals surface area contributed by atoms with Crippen LogP contribution in [-0.2, 0) is 14.4 Å². The average Bonchev–Trinajstić information content (AvgIpc) is 2.94. The fourth-order valence-electron chi connectivity index (χ4n) is 4.49. The third-order valence-electron chi connectivity index (χ3n) is 5.77. The van der Waals surface area contributed by atoms with Crippen molar-refractivity contribution in [3.05, 3.63) is 36.4 Å². The maximum Gasteiger partial charge on any atom is 0.233 e. The number of nitrogens with zero attached hydrogens (tertiary/aromatic N) is 1. The zero-order chi connectivity index (χ0) is 18.3. The summed E-state index contributed by atoms with van der Waals surface area (Å²) >= 11 is 0. The summed E-state index contributed by atoms with van der Waals surface area (Å²) in [7, 11) is 1.56.